The Morgan fingerprint density at radius 1 is 1.07 bits per heavy atom. The molecule has 4 N–H and O–H groups in total. The van der Waals surface area contributed by atoms with E-state index in [1.807, 2.05) is 24.0 Å². The third-order valence-corrected chi connectivity index (χ3v) is 11.2. The summed E-state index contributed by atoms with van der Waals surface area (Å²) < 4.78 is 5.57. The van der Waals surface area contributed by atoms with Crippen LogP contribution in [0.5, 0.6) is 0 Å². The molecule has 12 heteroatoms. The minimum absolute atomic E-state index is 0.0570. The summed E-state index contributed by atoms with van der Waals surface area (Å²) >= 11 is 1.40. The number of piperidine rings is 1. The highest BCUT2D eigenvalue weighted by Gasteiger charge is 2.43. The molecule has 4 heterocycles. The first kappa shape index (κ1) is 32.0. The van der Waals surface area contributed by atoms with Crippen LogP contribution < -0.4 is 21.3 Å². The van der Waals surface area contributed by atoms with E-state index >= 15 is 0 Å². The van der Waals surface area contributed by atoms with Gasteiger partial charge < -0.3 is 30.9 Å². The number of carbonyl (C=O) groups is 2. The third kappa shape index (κ3) is 6.24. The van der Waals surface area contributed by atoms with E-state index in [-0.39, 0.29) is 17.6 Å². The van der Waals surface area contributed by atoms with Crippen LogP contribution in [-0.4, -0.2) is 99.1 Å². The summed E-state index contributed by atoms with van der Waals surface area (Å²) in [5.74, 6) is -0.250. The number of amidine groups is 1. The number of anilines is 3. The molecular formula is C34H44N8O3S. The molecule has 3 fully saturated rings. The molecule has 0 radical (unpaired) electrons. The number of rotatable bonds is 6. The Labute approximate surface area is 275 Å². The van der Waals surface area contributed by atoms with Gasteiger partial charge in [-0.1, -0.05) is 6.58 Å². The molecule has 3 saturated heterocycles. The highest BCUT2D eigenvalue weighted by molar-refractivity contribution is 7.16. The number of ether oxygens (including phenoxy) is 1. The number of amides is 2. The fourth-order valence-corrected chi connectivity index (χ4v) is 8.65. The maximum Gasteiger partial charge on any atom is 0.258 e. The zero-order valence-electron chi connectivity index (χ0n) is 26.7. The summed E-state index contributed by atoms with van der Waals surface area (Å²) in [5.41, 5.74) is 15.7. The van der Waals surface area contributed by atoms with Crippen LogP contribution in [0.4, 0.5) is 16.4 Å². The molecule has 0 spiro atoms. The largest absolute Gasteiger partial charge is 0.389 e. The van der Waals surface area contributed by atoms with Gasteiger partial charge in [0, 0.05) is 85.8 Å². The molecule has 244 valence electrons. The number of morpholine rings is 1. The molecule has 4 aliphatic rings. The number of piperazine rings is 1. The fourth-order valence-electron chi connectivity index (χ4n) is 7.46. The molecule has 3 aliphatic heterocycles. The molecule has 11 nitrogen and oxygen atoms in total. The van der Waals surface area contributed by atoms with Gasteiger partial charge in [0.2, 0.25) is 5.91 Å². The summed E-state index contributed by atoms with van der Waals surface area (Å²) in [5, 5.41) is 10.3. The lowest BCUT2D eigenvalue weighted by Crippen LogP contribution is -2.49. The Morgan fingerprint density at radius 3 is 2.35 bits per heavy atom. The number of nitrogen functional groups attached to an aromatic ring is 1. The average Bonchev–Trinajstić information content (AvgIpc) is 3.44. The van der Waals surface area contributed by atoms with Crippen LogP contribution in [-0.2, 0) is 26.2 Å². The first-order valence-electron chi connectivity index (χ1n) is 16.3. The molecule has 6 rings (SSSR count). The monoisotopic (exact) mass is 644 g/mol. The summed E-state index contributed by atoms with van der Waals surface area (Å²) in [6.45, 7) is 13.4. The molecular weight excluding hydrogens is 600 g/mol. The van der Waals surface area contributed by atoms with Crippen LogP contribution in [0.3, 0.4) is 0 Å². The van der Waals surface area contributed by atoms with Gasteiger partial charge in [-0.25, -0.2) is 0 Å². The summed E-state index contributed by atoms with van der Waals surface area (Å²) in [6.07, 6.45) is 5.69. The third-order valence-electron chi connectivity index (χ3n) is 10.2. The number of nitriles is 1. The maximum absolute atomic E-state index is 13.9. The Hall–Kier alpha value is -3.92. The smallest absolute Gasteiger partial charge is 0.258 e. The van der Waals surface area contributed by atoms with Crippen molar-refractivity contribution in [2.45, 2.75) is 50.5 Å². The second kappa shape index (κ2) is 13.4. The van der Waals surface area contributed by atoms with E-state index in [9.17, 15) is 14.9 Å². The lowest BCUT2D eigenvalue weighted by Gasteiger charge is -2.41. The quantitative estimate of drug-likeness (QED) is 0.276. The molecule has 2 aromatic rings. The van der Waals surface area contributed by atoms with Gasteiger partial charge in [-0.2, -0.15) is 10.3 Å². The molecule has 0 bridgehead atoms. The maximum atomic E-state index is 13.9. The Balaban J connectivity index is 1.28. The van der Waals surface area contributed by atoms with Gasteiger partial charge >= 0.3 is 0 Å². The van der Waals surface area contributed by atoms with Crippen LogP contribution in [0, 0.1) is 11.3 Å². The van der Waals surface area contributed by atoms with Crippen molar-refractivity contribution in [3.05, 3.63) is 52.4 Å². The fraction of sp³-hybridized carbons (Fsp3) is 0.529. The number of nitrogens with zero attached hydrogens (tertiary/aromatic N) is 6. The predicted molar refractivity (Wildman–Crippen MR) is 183 cm³/mol. The van der Waals surface area contributed by atoms with E-state index < -0.39 is 5.41 Å². The zero-order chi connectivity index (χ0) is 32.4. The van der Waals surface area contributed by atoms with Gasteiger partial charge in [0.25, 0.3) is 5.91 Å². The summed E-state index contributed by atoms with van der Waals surface area (Å²) in [4.78, 5) is 40.7. The second-order valence-electron chi connectivity index (χ2n) is 12.9. The van der Waals surface area contributed by atoms with Crippen LogP contribution >= 0.6 is 11.3 Å². The van der Waals surface area contributed by atoms with Crippen LogP contribution in [0.15, 0.2) is 35.8 Å². The molecule has 1 aromatic heterocycles. The second-order valence-corrected chi connectivity index (χ2v) is 14.0. The number of hydrogen-bond acceptors (Lipinski definition) is 9. The minimum Gasteiger partial charge on any atom is -0.389 e. The van der Waals surface area contributed by atoms with Crippen molar-refractivity contribution in [1.29, 1.82) is 5.26 Å². The standard InChI is InChI=1S/C34H44N8O3S/c1-3-29(43)42-13-11-40(12-14-42)26-20-23(19-25(21-26)39-9-6-24(7-10-39)41-15-17-45-18-16-41)31(36)38-33(44)34(2)8-4-5-28-30(34)27(22-35)32(37)46-28/h3,19-21,24H,1,4-18,37H2,2H3,(H2,36,38,44). The van der Waals surface area contributed by atoms with E-state index in [1.165, 1.54) is 17.4 Å². The zero-order valence-corrected chi connectivity index (χ0v) is 27.5. The van der Waals surface area contributed by atoms with Crippen LogP contribution in [0.1, 0.15) is 54.2 Å². The van der Waals surface area contributed by atoms with E-state index in [0.29, 0.717) is 54.8 Å². The first-order chi connectivity index (χ1) is 22.2. The molecule has 1 aromatic carbocycles. The SMILES string of the molecule is C=CC(=O)N1CCN(c2cc(C(N)=NC(=O)C3(C)CCCc4sc(N)c(C#N)c43)cc(N3CCC(N4CCOCC4)CC3)c2)CC1. The summed E-state index contributed by atoms with van der Waals surface area (Å²) in [6, 6.07) is 9.01. The molecule has 2 amide bonds. The van der Waals surface area contributed by atoms with Crippen molar-refractivity contribution in [1.82, 2.24) is 9.80 Å². The molecule has 0 saturated carbocycles. The topological polar surface area (TPSA) is 145 Å². The van der Waals surface area contributed by atoms with Gasteiger partial charge in [-0.05, 0) is 63.3 Å². The van der Waals surface area contributed by atoms with Crippen molar-refractivity contribution in [2.24, 2.45) is 10.7 Å². The van der Waals surface area contributed by atoms with E-state index in [2.05, 4.69) is 38.4 Å². The van der Waals surface area contributed by atoms with E-state index in [1.54, 1.807) is 0 Å². The van der Waals surface area contributed by atoms with E-state index in [0.717, 1.165) is 86.9 Å². The van der Waals surface area contributed by atoms with Crippen molar-refractivity contribution in [3.63, 3.8) is 0 Å². The molecule has 1 aliphatic carbocycles. The van der Waals surface area contributed by atoms with Crippen molar-refractivity contribution >= 4 is 45.4 Å². The van der Waals surface area contributed by atoms with Crippen molar-refractivity contribution in [3.8, 4) is 6.07 Å². The van der Waals surface area contributed by atoms with Crippen LogP contribution in [0.25, 0.3) is 0 Å². The van der Waals surface area contributed by atoms with Gasteiger partial charge in [0.1, 0.15) is 16.9 Å². The van der Waals surface area contributed by atoms with Gasteiger partial charge in [0.05, 0.1) is 24.2 Å². The number of hydrogen-bond donors (Lipinski definition) is 2. The number of aryl methyl sites for hydroxylation is 1. The van der Waals surface area contributed by atoms with E-state index in [4.69, 9.17) is 16.2 Å². The number of thiophene rings is 1. The Kier molecular flexibility index (Phi) is 9.36. The number of benzene rings is 1. The number of fused-ring (bicyclic) bond motifs is 1. The molecule has 1 unspecified atom stereocenters. The Bertz CT molecular complexity index is 1560. The Morgan fingerprint density at radius 2 is 1.72 bits per heavy atom. The number of aliphatic imine (C=N–C) groups is 1. The lowest BCUT2D eigenvalue weighted by molar-refractivity contribution is -0.126. The van der Waals surface area contributed by atoms with Gasteiger partial charge in [-0.3, -0.25) is 14.5 Å². The highest BCUT2D eigenvalue weighted by atomic mass is 32.1. The highest BCUT2D eigenvalue weighted by Crippen LogP contribution is 2.46. The molecule has 46 heavy (non-hydrogen) atoms. The lowest BCUT2D eigenvalue weighted by atomic mass is 9.72. The summed E-state index contributed by atoms with van der Waals surface area (Å²) in [7, 11) is 0. The first-order valence-corrected chi connectivity index (χ1v) is 17.1. The predicted octanol–water partition coefficient (Wildman–Crippen LogP) is 2.86. The normalized spacial score (nSPS) is 23.1. The van der Waals surface area contributed by atoms with Crippen LogP contribution in [0.2, 0.25) is 0 Å². The van der Waals surface area contributed by atoms with Crippen molar-refractivity contribution < 1.29 is 14.3 Å². The number of nitrogens with two attached hydrogens (primary N) is 2. The number of carbonyl (C=O) groups excluding carboxylic acids is 2. The average molecular weight is 645 g/mol. The van der Waals surface area contributed by atoms with Crippen molar-refractivity contribution in [2.75, 3.05) is 81.1 Å². The van der Waals surface area contributed by atoms with Gasteiger partial charge in [-0.15, -0.1) is 11.3 Å². The minimum atomic E-state index is -0.965. The molecule has 1 atom stereocenters. The van der Waals surface area contributed by atoms with Gasteiger partial charge in [0.15, 0.2) is 0 Å².